The van der Waals surface area contributed by atoms with Gasteiger partial charge in [-0.1, -0.05) is 13.8 Å². The number of amides is 1. The van der Waals surface area contributed by atoms with Crippen molar-refractivity contribution in [2.45, 2.75) is 39.8 Å². The summed E-state index contributed by atoms with van der Waals surface area (Å²) in [5, 5.41) is 11.1. The Morgan fingerprint density at radius 2 is 1.72 bits per heavy atom. The Hall–Kier alpha value is -3.19. The van der Waals surface area contributed by atoms with Crippen molar-refractivity contribution in [1.82, 2.24) is 14.8 Å². The molecule has 0 bridgehead atoms. The van der Waals surface area contributed by atoms with Crippen LogP contribution in [0.1, 0.15) is 44.9 Å². The van der Waals surface area contributed by atoms with Crippen molar-refractivity contribution >= 4 is 17.4 Å². The largest absolute Gasteiger partial charge is 0.507 e. The van der Waals surface area contributed by atoms with Gasteiger partial charge in [0, 0.05) is 31.0 Å². The smallest absolute Gasteiger partial charge is 0.295 e. The third-order valence-corrected chi connectivity index (χ3v) is 5.61. The number of aromatic nitrogens is 1. The summed E-state index contributed by atoms with van der Waals surface area (Å²) >= 11 is 0. The standard InChI is InChI=1S/C25H31N3O4/c1-5-27(6-2)15-16-28-22(18-11-13-26-14-12-18)21(24(30)25(28)31)23(29)19-7-9-20(10-8-19)32-17(3)4/h7-14,17,22,29H,5-6,15-16H2,1-4H3/b23-21+/t22-/m0/s1. The average molecular weight is 438 g/mol. The zero-order chi connectivity index (χ0) is 23.3. The van der Waals surface area contributed by atoms with E-state index in [0.717, 1.165) is 18.7 Å². The molecule has 1 aromatic heterocycles. The lowest BCUT2D eigenvalue weighted by molar-refractivity contribution is -0.140. The van der Waals surface area contributed by atoms with Crippen molar-refractivity contribution in [3.8, 4) is 5.75 Å². The molecule has 1 N–H and O–H groups in total. The summed E-state index contributed by atoms with van der Waals surface area (Å²) in [6, 6.07) is 9.75. The van der Waals surface area contributed by atoms with E-state index in [1.165, 1.54) is 0 Å². The number of likely N-dealkylation sites (N-methyl/N-ethyl adjacent to an activating group) is 1. The molecule has 1 saturated heterocycles. The van der Waals surface area contributed by atoms with Crippen molar-refractivity contribution in [2.24, 2.45) is 0 Å². The van der Waals surface area contributed by atoms with Crippen LogP contribution in [0, 0.1) is 0 Å². The fraction of sp³-hybridized carbons (Fsp3) is 0.400. The van der Waals surface area contributed by atoms with Crippen LogP contribution in [-0.4, -0.2) is 63.9 Å². The number of rotatable bonds is 9. The topological polar surface area (TPSA) is 83.0 Å². The van der Waals surface area contributed by atoms with E-state index in [4.69, 9.17) is 4.74 Å². The fourth-order valence-corrected chi connectivity index (χ4v) is 3.91. The first kappa shape index (κ1) is 23.5. The number of hydrogen-bond acceptors (Lipinski definition) is 6. The second-order valence-corrected chi connectivity index (χ2v) is 7.99. The number of nitrogens with zero attached hydrogens (tertiary/aromatic N) is 3. The van der Waals surface area contributed by atoms with E-state index in [1.807, 2.05) is 13.8 Å². The van der Waals surface area contributed by atoms with Gasteiger partial charge < -0.3 is 19.6 Å². The second kappa shape index (κ2) is 10.4. The Balaban J connectivity index is 2.02. The van der Waals surface area contributed by atoms with Gasteiger partial charge in [-0.15, -0.1) is 0 Å². The first-order valence-corrected chi connectivity index (χ1v) is 11.0. The third kappa shape index (κ3) is 4.99. The summed E-state index contributed by atoms with van der Waals surface area (Å²) in [6.07, 6.45) is 3.27. The summed E-state index contributed by atoms with van der Waals surface area (Å²) in [4.78, 5) is 33.8. The number of Topliss-reactive ketones (excluding diaryl/α,β-unsaturated/α-hetero) is 1. The molecule has 1 aromatic carbocycles. The van der Waals surface area contributed by atoms with E-state index in [-0.39, 0.29) is 17.4 Å². The molecule has 2 heterocycles. The number of hydrogen-bond donors (Lipinski definition) is 1. The molecule has 0 radical (unpaired) electrons. The van der Waals surface area contributed by atoms with Gasteiger partial charge in [0.05, 0.1) is 17.7 Å². The molecule has 3 rings (SSSR count). The van der Waals surface area contributed by atoms with Crippen LogP contribution in [0.25, 0.3) is 5.76 Å². The van der Waals surface area contributed by atoms with Crippen LogP contribution in [0.2, 0.25) is 0 Å². The van der Waals surface area contributed by atoms with Crippen LogP contribution in [0.3, 0.4) is 0 Å². The van der Waals surface area contributed by atoms with Gasteiger partial charge in [0.25, 0.3) is 11.7 Å². The molecule has 1 fully saturated rings. The van der Waals surface area contributed by atoms with Gasteiger partial charge in [-0.3, -0.25) is 14.6 Å². The highest BCUT2D eigenvalue weighted by atomic mass is 16.5. The molecule has 7 heteroatoms. The first-order valence-electron chi connectivity index (χ1n) is 11.0. The van der Waals surface area contributed by atoms with Crippen molar-refractivity contribution in [3.63, 3.8) is 0 Å². The number of ketones is 1. The van der Waals surface area contributed by atoms with Gasteiger partial charge in [-0.25, -0.2) is 0 Å². The number of benzene rings is 1. The van der Waals surface area contributed by atoms with E-state index in [2.05, 4.69) is 23.7 Å². The van der Waals surface area contributed by atoms with Gasteiger partial charge in [-0.05, 0) is 68.9 Å². The van der Waals surface area contributed by atoms with Crippen molar-refractivity contribution in [3.05, 3.63) is 65.5 Å². The van der Waals surface area contributed by atoms with E-state index in [1.54, 1.807) is 53.7 Å². The minimum absolute atomic E-state index is 0.0252. The van der Waals surface area contributed by atoms with Gasteiger partial charge >= 0.3 is 0 Å². The van der Waals surface area contributed by atoms with Crippen molar-refractivity contribution in [2.75, 3.05) is 26.2 Å². The predicted molar refractivity (Wildman–Crippen MR) is 123 cm³/mol. The molecule has 7 nitrogen and oxygen atoms in total. The van der Waals surface area contributed by atoms with E-state index < -0.39 is 17.7 Å². The van der Waals surface area contributed by atoms with Gasteiger partial charge in [-0.2, -0.15) is 0 Å². The predicted octanol–water partition coefficient (Wildman–Crippen LogP) is 3.63. The van der Waals surface area contributed by atoms with Crippen LogP contribution in [0.4, 0.5) is 0 Å². The van der Waals surface area contributed by atoms with Crippen molar-refractivity contribution < 1.29 is 19.4 Å². The molecule has 0 spiro atoms. The molecule has 0 aliphatic carbocycles. The number of aliphatic hydroxyl groups is 1. The lowest BCUT2D eigenvalue weighted by Gasteiger charge is -2.28. The summed E-state index contributed by atoms with van der Waals surface area (Å²) in [5.41, 5.74) is 1.29. The zero-order valence-corrected chi connectivity index (χ0v) is 19.1. The Kier molecular flexibility index (Phi) is 7.64. The molecule has 1 aliphatic heterocycles. The molecule has 32 heavy (non-hydrogen) atoms. The molecule has 2 aromatic rings. The molecule has 170 valence electrons. The SMILES string of the molecule is CCN(CC)CCN1C(=O)C(=O)/C(=C(/O)c2ccc(OC(C)C)cc2)[C@@H]1c1ccncc1. The lowest BCUT2D eigenvalue weighted by Crippen LogP contribution is -2.38. The fourth-order valence-electron chi connectivity index (χ4n) is 3.91. The molecule has 0 unspecified atom stereocenters. The Bertz CT molecular complexity index is 966. The van der Waals surface area contributed by atoms with E-state index >= 15 is 0 Å². The molecular weight excluding hydrogens is 406 g/mol. The van der Waals surface area contributed by atoms with Crippen LogP contribution >= 0.6 is 0 Å². The van der Waals surface area contributed by atoms with E-state index in [9.17, 15) is 14.7 Å². The Labute approximate surface area is 189 Å². The van der Waals surface area contributed by atoms with Crippen LogP contribution in [0.5, 0.6) is 5.75 Å². The molecular formula is C25H31N3O4. The maximum atomic E-state index is 13.0. The van der Waals surface area contributed by atoms with Crippen LogP contribution in [-0.2, 0) is 9.59 Å². The average Bonchev–Trinajstić information content (AvgIpc) is 3.05. The third-order valence-electron chi connectivity index (χ3n) is 5.61. The summed E-state index contributed by atoms with van der Waals surface area (Å²) < 4.78 is 5.66. The Morgan fingerprint density at radius 1 is 1.09 bits per heavy atom. The summed E-state index contributed by atoms with van der Waals surface area (Å²) in [7, 11) is 0. The zero-order valence-electron chi connectivity index (χ0n) is 19.1. The highest BCUT2D eigenvalue weighted by Gasteiger charge is 2.45. The number of ether oxygens (including phenoxy) is 1. The highest BCUT2D eigenvalue weighted by molar-refractivity contribution is 6.46. The summed E-state index contributed by atoms with van der Waals surface area (Å²) in [6.45, 7) is 10.7. The Morgan fingerprint density at radius 3 is 2.28 bits per heavy atom. The van der Waals surface area contributed by atoms with Crippen LogP contribution < -0.4 is 4.74 Å². The van der Waals surface area contributed by atoms with Gasteiger partial charge in [0.15, 0.2) is 0 Å². The van der Waals surface area contributed by atoms with Crippen molar-refractivity contribution in [1.29, 1.82) is 0 Å². The first-order chi connectivity index (χ1) is 15.4. The summed E-state index contributed by atoms with van der Waals surface area (Å²) in [5.74, 6) is -0.792. The maximum absolute atomic E-state index is 13.0. The molecule has 1 atom stereocenters. The number of aliphatic hydroxyl groups excluding tert-OH is 1. The molecule has 0 saturated carbocycles. The van der Waals surface area contributed by atoms with E-state index in [0.29, 0.717) is 24.4 Å². The second-order valence-electron chi connectivity index (χ2n) is 7.99. The molecule has 1 amide bonds. The monoisotopic (exact) mass is 437 g/mol. The normalized spacial score (nSPS) is 18.1. The number of likely N-dealkylation sites (tertiary alicyclic amines) is 1. The maximum Gasteiger partial charge on any atom is 0.295 e. The lowest BCUT2D eigenvalue weighted by atomic mass is 9.96. The quantitative estimate of drug-likeness (QED) is 0.366. The number of carbonyl (C=O) groups is 2. The van der Waals surface area contributed by atoms with Gasteiger partial charge in [0.1, 0.15) is 11.5 Å². The van der Waals surface area contributed by atoms with Gasteiger partial charge in [0.2, 0.25) is 0 Å². The number of pyridine rings is 1. The number of carbonyl (C=O) groups excluding carboxylic acids is 2. The minimum Gasteiger partial charge on any atom is -0.507 e. The van der Waals surface area contributed by atoms with Crippen LogP contribution in [0.15, 0.2) is 54.4 Å². The molecule has 1 aliphatic rings. The highest BCUT2D eigenvalue weighted by Crippen LogP contribution is 2.39. The minimum atomic E-state index is -0.675.